The van der Waals surface area contributed by atoms with Crippen LogP contribution in [-0.4, -0.2) is 31.0 Å². The molecule has 1 aliphatic rings. The molecule has 0 aromatic heterocycles. The molecule has 0 aromatic carbocycles. The van der Waals surface area contributed by atoms with Gasteiger partial charge in [-0.15, -0.1) is 0 Å². The first-order valence-corrected chi connectivity index (χ1v) is 17.0. The number of nitrogens with one attached hydrogen (secondary N) is 1. The Hall–Kier alpha value is -1.19. The van der Waals surface area contributed by atoms with Crippen molar-refractivity contribution in [3.63, 3.8) is 0 Å². The van der Waals surface area contributed by atoms with Crippen LogP contribution in [0.3, 0.4) is 0 Å². The molecule has 38 heavy (non-hydrogen) atoms. The van der Waals surface area contributed by atoms with E-state index in [9.17, 15) is 9.59 Å². The van der Waals surface area contributed by atoms with Crippen LogP contribution < -0.4 is 5.32 Å². The van der Waals surface area contributed by atoms with Crippen molar-refractivity contribution in [1.29, 1.82) is 0 Å². The summed E-state index contributed by atoms with van der Waals surface area (Å²) in [6, 6.07) is 0. The van der Waals surface area contributed by atoms with Crippen LogP contribution in [0.2, 0.25) is 0 Å². The number of carbonyl (C=O) groups excluding carboxylic acids is 2. The highest BCUT2D eigenvalue weighted by molar-refractivity contribution is 5.88. The monoisotopic (exact) mass is 532 g/mol. The second kappa shape index (κ2) is 26.1. The predicted octanol–water partition coefficient (Wildman–Crippen LogP) is 9.78. The number of Topliss-reactive ketones (excluding diaryl/α,β-unsaturated/α-hetero) is 1. The van der Waals surface area contributed by atoms with Crippen molar-refractivity contribution in [1.82, 2.24) is 5.32 Å². The molecular weight excluding hydrogens is 468 g/mol. The van der Waals surface area contributed by atoms with Gasteiger partial charge in [-0.2, -0.15) is 0 Å². The SMILES string of the molecule is CCCCCCCCCCCCCC(=O)C(CC=O)CC(CCCCCCCCCCCC)C1=NCCN1. The van der Waals surface area contributed by atoms with Crippen molar-refractivity contribution >= 4 is 17.9 Å². The number of amidine groups is 1. The second-order valence-corrected chi connectivity index (χ2v) is 11.9. The third-order valence-electron chi connectivity index (χ3n) is 8.42. The minimum Gasteiger partial charge on any atom is -0.372 e. The molecule has 0 fully saturated rings. The van der Waals surface area contributed by atoms with E-state index >= 15 is 0 Å². The van der Waals surface area contributed by atoms with Gasteiger partial charge in [-0.1, -0.05) is 142 Å². The first kappa shape index (κ1) is 34.8. The first-order chi connectivity index (χ1) is 18.7. The quantitative estimate of drug-likeness (QED) is 0.0770. The van der Waals surface area contributed by atoms with Crippen LogP contribution >= 0.6 is 0 Å². The van der Waals surface area contributed by atoms with E-state index < -0.39 is 0 Å². The second-order valence-electron chi connectivity index (χ2n) is 11.9. The van der Waals surface area contributed by atoms with Gasteiger partial charge in [0, 0.05) is 31.2 Å². The van der Waals surface area contributed by atoms with Crippen LogP contribution in [0.15, 0.2) is 4.99 Å². The van der Waals surface area contributed by atoms with Crippen LogP contribution in [0.5, 0.6) is 0 Å². The Morgan fingerprint density at radius 3 is 1.66 bits per heavy atom. The number of carbonyl (C=O) groups is 2. The summed E-state index contributed by atoms with van der Waals surface area (Å²) in [6.45, 7) is 6.30. The molecule has 2 atom stereocenters. The van der Waals surface area contributed by atoms with Gasteiger partial charge in [0.05, 0.1) is 12.4 Å². The summed E-state index contributed by atoms with van der Waals surface area (Å²) in [6.07, 6.45) is 31.5. The van der Waals surface area contributed by atoms with E-state index in [0.29, 0.717) is 24.5 Å². The van der Waals surface area contributed by atoms with Crippen molar-refractivity contribution in [2.24, 2.45) is 16.8 Å². The molecule has 222 valence electrons. The molecule has 0 amide bonds. The van der Waals surface area contributed by atoms with Crippen LogP contribution in [0, 0.1) is 11.8 Å². The highest BCUT2D eigenvalue weighted by atomic mass is 16.1. The Morgan fingerprint density at radius 1 is 0.737 bits per heavy atom. The average molecular weight is 533 g/mol. The van der Waals surface area contributed by atoms with Gasteiger partial charge in [0.25, 0.3) is 0 Å². The lowest BCUT2D eigenvalue weighted by molar-refractivity contribution is -0.125. The Kier molecular flexibility index (Phi) is 23.9. The number of hydrogen-bond donors (Lipinski definition) is 1. The lowest BCUT2D eigenvalue weighted by Crippen LogP contribution is -2.30. The van der Waals surface area contributed by atoms with Gasteiger partial charge in [0.15, 0.2) is 0 Å². The van der Waals surface area contributed by atoms with E-state index in [2.05, 4.69) is 19.2 Å². The number of aldehydes is 1. The number of nitrogens with zero attached hydrogens (tertiary/aromatic N) is 1. The summed E-state index contributed by atoms with van der Waals surface area (Å²) in [5.41, 5.74) is 0. The van der Waals surface area contributed by atoms with Crippen LogP contribution in [-0.2, 0) is 9.59 Å². The zero-order valence-electron chi connectivity index (χ0n) is 25.6. The minimum absolute atomic E-state index is 0.131. The van der Waals surface area contributed by atoms with Crippen molar-refractivity contribution in [2.45, 2.75) is 174 Å². The summed E-state index contributed by atoms with van der Waals surface area (Å²) in [7, 11) is 0. The third-order valence-corrected chi connectivity index (χ3v) is 8.42. The normalized spacial score (nSPS) is 14.7. The molecule has 0 spiro atoms. The number of rotatable bonds is 29. The van der Waals surface area contributed by atoms with Crippen LogP contribution in [0.4, 0.5) is 0 Å². The van der Waals surface area contributed by atoms with Gasteiger partial charge in [0.2, 0.25) is 0 Å². The fourth-order valence-corrected chi connectivity index (χ4v) is 5.92. The molecule has 0 saturated carbocycles. The summed E-state index contributed by atoms with van der Waals surface area (Å²) in [5, 5.41) is 3.47. The maximum atomic E-state index is 13.1. The fourth-order valence-electron chi connectivity index (χ4n) is 5.92. The van der Waals surface area contributed by atoms with Crippen LogP contribution in [0.1, 0.15) is 174 Å². The first-order valence-electron chi connectivity index (χ1n) is 17.0. The molecular formula is C34H64N2O2. The van der Waals surface area contributed by atoms with Crippen molar-refractivity contribution < 1.29 is 9.59 Å². The lowest BCUT2D eigenvalue weighted by atomic mass is 9.84. The van der Waals surface area contributed by atoms with Gasteiger partial charge >= 0.3 is 0 Å². The molecule has 1 aliphatic heterocycles. The fraction of sp³-hybridized carbons (Fsp3) is 0.912. The summed E-state index contributed by atoms with van der Waals surface area (Å²) in [5.74, 6) is 1.57. The van der Waals surface area contributed by atoms with Gasteiger partial charge in [-0.3, -0.25) is 9.79 Å². The van der Waals surface area contributed by atoms with Crippen molar-refractivity contribution in [3.05, 3.63) is 0 Å². The Morgan fingerprint density at radius 2 is 1.21 bits per heavy atom. The van der Waals surface area contributed by atoms with E-state index in [-0.39, 0.29) is 5.92 Å². The molecule has 0 aromatic rings. The van der Waals surface area contributed by atoms with Gasteiger partial charge < -0.3 is 10.1 Å². The third kappa shape index (κ3) is 19.0. The number of unbranched alkanes of at least 4 members (excludes halogenated alkanes) is 19. The van der Waals surface area contributed by atoms with Crippen LogP contribution in [0.25, 0.3) is 0 Å². The maximum Gasteiger partial charge on any atom is 0.136 e. The highest BCUT2D eigenvalue weighted by Crippen LogP contribution is 2.26. The predicted molar refractivity (Wildman–Crippen MR) is 165 cm³/mol. The Labute approximate surface area is 237 Å². The lowest BCUT2D eigenvalue weighted by Gasteiger charge is -2.22. The largest absolute Gasteiger partial charge is 0.372 e. The van der Waals surface area contributed by atoms with Gasteiger partial charge in [-0.25, -0.2) is 0 Å². The molecule has 2 unspecified atom stereocenters. The molecule has 1 N–H and O–H groups in total. The smallest absolute Gasteiger partial charge is 0.136 e. The molecule has 0 saturated heterocycles. The number of aliphatic imine (C=N–C) groups is 1. The molecule has 1 rings (SSSR count). The van der Waals surface area contributed by atoms with E-state index in [1.165, 1.54) is 122 Å². The Balaban J connectivity index is 2.27. The van der Waals surface area contributed by atoms with E-state index in [1.807, 2.05) is 0 Å². The minimum atomic E-state index is -0.131. The summed E-state index contributed by atoms with van der Waals surface area (Å²) >= 11 is 0. The van der Waals surface area contributed by atoms with Crippen molar-refractivity contribution in [3.8, 4) is 0 Å². The van der Waals surface area contributed by atoms with E-state index in [4.69, 9.17) is 4.99 Å². The zero-order chi connectivity index (χ0) is 27.5. The van der Waals surface area contributed by atoms with Crippen molar-refractivity contribution in [2.75, 3.05) is 13.1 Å². The van der Waals surface area contributed by atoms with E-state index in [1.54, 1.807) is 0 Å². The molecule has 1 heterocycles. The Bertz CT molecular complexity index is 589. The van der Waals surface area contributed by atoms with Gasteiger partial charge in [0.1, 0.15) is 12.1 Å². The average Bonchev–Trinajstić information content (AvgIpc) is 3.46. The number of ketones is 1. The van der Waals surface area contributed by atoms with Gasteiger partial charge in [-0.05, 0) is 19.3 Å². The molecule has 4 nitrogen and oxygen atoms in total. The topological polar surface area (TPSA) is 58.5 Å². The zero-order valence-corrected chi connectivity index (χ0v) is 25.6. The highest BCUT2D eigenvalue weighted by Gasteiger charge is 2.26. The van der Waals surface area contributed by atoms with E-state index in [0.717, 1.165) is 50.9 Å². The molecule has 0 aliphatic carbocycles. The summed E-state index contributed by atoms with van der Waals surface area (Å²) in [4.78, 5) is 29.2. The standard InChI is InChI=1S/C34H64N2O2/c1-3-5-7-9-11-13-15-17-19-21-23-25-33(38)31(26-29-37)30-32(34-35-27-28-36-34)24-22-20-18-16-14-12-10-8-6-4-2/h29,31-32H,3-28,30H2,1-2H3,(H,35,36). The molecule has 4 heteroatoms. The summed E-state index contributed by atoms with van der Waals surface area (Å²) < 4.78 is 0. The molecule has 0 bridgehead atoms. The maximum absolute atomic E-state index is 13.1. The number of hydrogen-bond acceptors (Lipinski definition) is 4. The molecule has 0 radical (unpaired) electrons.